The molecule has 0 unspecified atom stereocenters. The third-order valence-electron chi connectivity index (χ3n) is 5.02. The summed E-state index contributed by atoms with van der Waals surface area (Å²) < 4.78 is 6.28. The maximum atomic E-state index is 12.5. The molecule has 2 atom stereocenters. The minimum absolute atomic E-state index is 0.0432. The van der Waals surface area contributed by atoms with Crippen LogP contribution in [0.25, 0.3) is 0 Å². The first kappa shape index (κ1) is 18.6. The molecule has 1 amide bonds. The topological polar surface area (TPSA) is 42.4 Å². The Bertz CT molecular complexity index is 688. The lowest BCUT2D eigenvalue weighted by Crippen LogP contribution is -2.48. The third-order valence-corrected chi connectivity index (χ3v) is 5.02. The molecule has 2 heterocycles. The van der Waals surface area contributed by atoms with E-state index >= 15 is 0 Å². The van der Waals surface area contributed by atoms with E-state index in [0.29, 0.717) is 12.5 Å². The lowest BCUT2D eigenvalue weighted by molar-refractivity contribution is -0.139. The number of piperidine rings is 1. The van der Waals surface area contributed by atoms with Gasteiger partial charge in [0.1, 0.15) is 0 Å². The lowest BCUT2D eigenvalue weighted by Gasteiger charge is -2.39. The first-order valence-corrected chi connectivity index (χ1v) is 9.46. The molecule has 0 saturated carbocycles. The second kappa shape index (κ2) is 8.95. The summed E-state index contributed by atoms with van der Waals surface area (Å²) in [5.41, 5.74) is 2.44. The number of rotatable bonds is 6. The fourth-order valence-corrected chi connectivity index (χ4v) is 3.59. The second-order valence-corrected chi connectivity index (χ2v) is 7.38. The van der Waals surface area contributed by atoms with Crippen molar-refractivity contribution in [3.8, 4) is 0 Å². The number of carbonyl (C=O) groups excluding carboxylic acids is 1. The van der Waals surface area contributed by atoms with Crippen molar-refractivity contribution >= 4 is 5.91 Å². The number of aromatic nitrogens is 1. The molecule has 1 aromatic carbocycles. The van der Waals surface area contributed by atoms with Crippen LogP contribution in [0.3, 0.4) is 0 Å². The van der Waals surface area contributed by atoms with E-state index in [1.165, 1.54) is 5.56 Å². The molecule has 138 valence electrons. The highest BCUT2D eigenvalue weighted by atomic mass is 16.5. The van der Waals surface area contributed by atoms with E-state index in [2.05, 4.69) is 29.2 Å². The fourth-order valence-electron chi connectivity index (χ4n) is 3.59. The molecule has 4 nitrogen and oxygen atoms in total. The Morgan fingerprint density at radius 2 is 1.88 bits per heavy atom. The van der Waals surface area contributed by atoms with Crippen molar-refractivity contribution in [2.45, 2.75) is 39.4 Å². The molecular weight excluding hydrogens is 324 g/mol. The van der Waals surface area contributed by atoms with E-state index in [9.17, 15) is 4.79 Å². The van der Waals surface area contributed by atoms with Crippen LogP contribution >= 0.6 is 0 Å². The number of benzene rings is 1. The maximum Gasteiger partial charge on any atom is 0.225 e. The number of pyridine rings is 1. The molecule has 1 aliphatic rings. The highest BCUT2D eigenvalue weighted by Crippen LogP contribution is 2.26. The zero-order valence-corrected chi connectivity index (χ0v) is 15.7. The zero-order chi connectivity index (χ0) is 18.4. The van der Waals surface area contributed by atoms with E-state index in [4.69, 9.17) is 4.74 Å². The summed E-state index contributed by atoms with van der Waals surface area (Å²) in [5.74, 6) is 0.605. The molecule has 0 N–H and O–H groups in total. The molecule has 1 aromatic heterocycles. The lowest BCUT2D eigenvalue weighted by atomic mass is 9.88. The Hall–Kier alpha value is -2.20. The van der Waals surface area contributed by atoms with E-state index in [1.807, 2.05) is 36.9 Å². The highest BCUT2D eigenvalue weighted by molar-refractivity contribution is 5.78. The van der Waals surface area contributed by atoms with E-state index in [1.54, 1.807) is 12.4 Å². The quantitative estimate of drug-likeness (QED) is 0.796. The van der Waals surface area contributed by atoms with Crippen LogP contribution in [0, 0.1) is 11.8 Å². The van der Waals surface area contributed by atoms with Crippen LogP contribution in [-0.2, 0) is 22.6 Å². The summed E-state index contributed by atoms with van der Waals surface area (Å²) in [7, 11) is 0. The van der Waals surface area contributed by atoms with Gasteiger partial charge in [0.15, 0.2) is 0 Å². The fraction of sp³-hybridized carbons (Fsp3) is 0.455. The molecule has 3 rings (SSSR count). The molecule has 26 heavy (non-hydrogen) atoms. The standard InChI is InChI=1S/C22H28N2O2/c1-17(2)22(25)24-13-10-21(26-16-19-8-11-23-12-9-19)20(15-24)14-18-6-4-3-5-7-18/h3-9,11-12,17,20-21H,10,13-16H2,1-2H3/t20-,21-/m0/s1. The van der Waals surface area contributed by atoms with Gasteiger partial charge in [-0.15, -0.1) is 0 Å². The molecule has 1 saturated heterocycles. The summed E-state index contributed by atoms with van der Waals surface area (Å²) in [4.78, 5) is 18.5. The molecule has 4 heteroatoms. The maximum absolute atomic E-state index is 12.5. The van der Waals surface area contributed by atoms with Gasteiger partial charge in [0, 0.05) is 37.3 Å². The predicted molar refractivity (Wildman–Crippen MR) is 102 cm³/mol. The summed E-state index contributed by atoms with van der Waals surface area (Å²) in [6.07, 6.45) is 5.58. The number of amides is 1. The summed E-state index contributed by atoms with van der Waals surface area (Å²) in [5, 5.41) is 0. The Kier molecular flexibility index (Phi) is 6.40. The Labute approximate surface area is 156 Å². The summed E-state index contributed by atoms with van der Waals surface area (Å²) in [6.45, 7) is 6.09. The van der Waals surface area contributed by atoms with Crippen LogP contribution in [-0.4, -0.2) is 35.0 Å². The molecule has 0 bridgehead atoms. The van der Waals surface area contributed by atoms with Crippen molar-refractivity contribution in [3.05, 3.63) is 66.0 Å². The average Bonchev–Trinajstić information content (AvgIpc) is 2.68. The van der Waals surface area contributed by atoms with Gasteiger partial charge in [0.25, 0.3) is 0 Å². The van der Waals surface area contributed by atoms with Crippen LogP contribution in [0.4, 0.5) is 0 Å². The number of likely N-dealkylation sites (tertiary alicyclic amines) is 1. The molecule has 2 aromatic rings. The first-order valence-electron chi connectivity index (χ1n) is 9.46. The van der Waals surface area contributed by atoms with Crippen LogP contribution in [0.15, 0.2) is 54.9 Å². The largest absolute Gasteiger partial charge is 0.373 e. The third kappa shape index (κ3) is 4.92. The van der Waals surface area contributed by atoms with Gasteiger partial charge in [0.2, 0.25) is 5.91 Å². The van der Waals surface area contributed by atoms with Crippen molar-refractivity contribution in [2.24, 2.45) is 11.8 Å². The van der Waals surface area contributed by atoms with Crippen LogP contribution in [0.2, 0.25) is 0 Å². The molecular formula is C22H28N2O2. The normalized spacial score (nSPS) is 20.3. The number of hydrogen-bond acceptors (Lipinski definition) is 3. The van der Waals surface area contributed by atoms with Gasteiger partial charge in [-0.25, -0.2) is 0 Å². The van der Waals surface area contributed by atoms with Crippen LogP contribution < -0.4 is 0 Å². The van der Waals surface area contributed by atoms with Gasteiger partial charge in [-0.2, -0.15) is 0 Å². The second-order valence-electron chi connectivity index (χ2n) is 7.38. The van der Waals surface area contributed by atoms with Crippen molar-refractivity contribution in [2.75, 3.05) is 13.1 Å². The zero-order valence-electron chi connectivity index (χ0n) is 15.7. The molecule has 0 spiro atoms. The minimum atomic E-state index is 0.0432. The Morgan fingerprint density at radius 3 is 2.58 bits per heavy atom. The van der Waals surface area contributed by atoms with Crippen molar-refractivity contribution in [3.63, 3.8) is 0 Å². The number of nitrogens with zero attached hydrogens (tertiary/aromatic N) is 2. The van der Waals surface area contributed by atoms with Gasteiger partial charge in [-0.3, -0.25) is 9.78 Å². The summed E-state index contributed by atoms with van der Waals surface area (Å²) in [6, 6.07) is 14.5. The van der Waals surface area contributed by atoms with Gasteiger partial charge in [0.05, 0.1) is 12.7 Å². The predicted octanol–water partition coefficient (Wildman–Crippen LogP) is 3.71. The number of ether oxygens (including phenoxy) is 1. The smallest absolute Gasteiger partial charge is 0.225 e. The van der Waals surface area contributed by atoms with Gasteiger partial charge < -0.3 is 9.64 Å². The van der Waals surface area contributed by atoms with Crippen molar-refractivity contribution < 1.29 is 9.53 Å². The first-order chi connectivity index (χ1) is 12.6. The molecule has 1 fully saturated rings. The van der Waals surface area contributed by atoms with Crippen LogP contribution in [0.5, 0.6) is 0 Å². The molecule has 0 radical (unpaired) electrons. The summed E-state index contributed by atoms with van der Waals surface area (Å²) >= 11 is 0. The van der Waals surface area contributed by atoms with E-state index in [-0.39, 0.29) is 17.9 Å². The van der Waals surface area contributed by atoms with E-state index in [0.717, 1.165) is 31.5 Å². The van der Waals surface area contributed by atoms with Gasteiger partial charge in [-0.1, -0.05) is 44.2 Å². The number of hydrogen-bond donors (Lipinski definition) is 0. The Morgan fingerprint density at radius 1 is 1.15 bits per heavy atom. The van der Waals surface area contributed by atoms with Crippen molar-refractivity contribution in [1.29, 1.82) is 0 Å². The Balaban J connectivity index is 1.68. The SMILES string of the molecule is CC(C)C(=O)N1CC[C@H](OCc2ccncc2)[C@@H](Cc2ccccc2)C1. The highest BCUT2D eigenvalue weighted by Gasteiger charge is 2.32. The number of carbonyl (C=O) groups is 1. The minimum Gasteiger partial charge on any atom is -0.373 e. The van der Waals surface area contributed by atoms with Crippen LogP contribution in [0.1, 0.15) is 31.4 Å². The monoisotopic (exact) mass is 352 g/mol. The van der Waals surface area contributed by atoms with Crippen molar-refractivity contribution in [1.82, 2.24) is 9.88 Å². The van der Waals surface area contributed by atoms with E-state index < -0.39 is 0 Å². The average molecular weight is 352 g/mol. The van der Waals surface area contributed by atoms with Gasteiger partial charge >= 0.3 is 0 Å². The molecule has 0 aliphatic carbocycles. The molecule has 1 aliphatic heterocycles. The van der Waals surface area contributed by atoms with Gasteiger partial charge in [-0.05, 0) is 36.1 Å².